The molecule has 0 spiro atoms. The van der Waals surface area contributed by atoms with E-state index in [0.29, 0.717) is 49.3 Å². The SMILES string of the molecule is COC(=O)c1cc([N+](=O)[O-])ccc1N1CCC(CN2C(=O)c3ccccc3C2=O)CC1. The number of esters is 1. The predicted octanol–water partition coefficient (Wildman–Crippen LogP) is 2.89. The molecule has 2 heterocycles. The maximum Gasteiger partial charge on any atom is 0.340 e. The maximum atomic E-state index is 12.6. The van der Waals surface area contributed by atoms with E-state index in [1.165, 1.54) is 24.1 Å². The van der Waals surface area contributed by atoms with Gasteiger partial charge in [-0.2, -0.15) is 0 Å². The number of nitrogens with zero attached hydrogens (tertiary/aromatic N) is 3. The average Bonchev–Trinajstić information content (AvgIpc) is 3.03. The number of nitro groups is 1. The third-order valence-corrected chi connectivity index (χ3v) is 5.87. The van der Waals surface area contributed by atoms with Gasteiger partial charge in [0.1, 0.15) is 0 Å². The van der Waals surface area contributed by atoms with Crippen molar-refractivity contribution in [2.24, 2.45) is 5.92 Å². The summed E-state index contributed by atoms with van der Waals surface area (Å²) in [7, 11) is 1.24. The van der Waals surface area contributed by atoms with Gasteiger partial charge in [-0.1, -0.05) is 12.1 Å². The van der Waals surface area contributed by atoms with Gasteiger partial charge in [0.25, 0.3) is 17.5 Å². The predicted molar refractivity (Wildman–Crippen MR) is 111 cm³/mol. The highest BCUT2D eigenvalue weighted by atomic mass is 16.6. The Morgan fingerprint density at radius 1 is 1.10 bits per heavy atom. The van der Waals surface area contributed by atoms with Gasteiger partial charge in [-0.05, 0) is 37.0 Å². The summed E-state index contributed by atoms with van der Waals surface area (Å²) >= 11 is 0. The molecule has 9 heteroatoms. The van der Waals surface area contributed by atoms with Gasteiger partial charge in [-0.3, -0.25) is 24.6 Å². The van der Waals surface area contributed by atoms with Crippen molar-refractivity contribution in [1.29, 1.82) is 0 Å². The fourth-order valence-electron chi connectivity index (χ4n) is 4.21. The summed E-state index contributed by atoms with van der Waals surface area (Å²) in [5, 5.41) is 11.1. The van der Waals surface area contributed by atoms with Gasteiger partial charge >= 0.3 is 5.97 Å². The van der Waals surface area contributed by atoms with Crippen LogP contribution in [0.3, 0.4) is 0 Å². The molecular weight excluding hydrogens is 402 g/mol. The van der Waals surface area contributed by atoms with Crippen LogP contribution in [0, 0.1) is 16.0 Å². The zero-order chi connectivity index (χ0) is 22.1. The molecule has 0 bridgehead atoms. The van der Waals surface area contributed by atoms with E-state index < -0.39 is 10.9 Å². The molecule has 2 aliphatic heterocycles. The van der Waals surface area contributed by atoms with Crippen molar-refractivity contribution >= 4 is 29.2 Å². The Kier molecular flexibility index (Phi) is 5.41. The number of anilines is 1. The number of imide groups is 1. The maximum absolute atomic E-state index is 12.6. The number of hydrogen-bond acceptors (Lipinski definition) is 7. The number of rotatable bonds is 5. The zero-order valence-electron chi connectivity index (χ0n) is 16.9. The van der Waals surface area contributed by atoms with Crippen molar-refractivity contribution in [2.45, 2.75) is 12.8 Å². The number of benzene rings is 2. The number of carbonyl (C=O) groups is 3. The van der Waals surface area contributed by atoms with Crippen LogP contribution in [0.15, 0.2) is 42.5 Å². The van der Waals surface area contributed by atoms with E-state index in [1.54, 1.807) is 30.3 Å². The molecule has 0 unspecified atom stereocenters. The summed E-state index contributed by atoms with van der Waals surface area (Å²) in [6.45, 7) is 1.54. The molecule has 2 aromatic rings. The second-order valence-corrected chi connectivity index (χ2v) is 7.65. The summed E-state index contributed by atoms with van der Waals surface area (Å²) in [4.78, 5) is 51.2. The number of amides is 2. The largest absolute Gasteiger partial charge is 0.465 e. The van der Waals surface area contributed by atoms with Crippen molar-refractivity contribution in [1.82, 2.24) is 4.90 Å². The van der Waals surface area contributed by atoms with Gasteiger partial charge in [-0.25, -0.2) is 4.79 Å². The minimum atomic E-state index is -0.633. The van der Waals surface area contributed by atoms with E-state index in [-0.39, 0.29) is 29.0 Å². The molecule has 1 saturated heterocycles. The van der Waals surface area contributed by atoms with E-state index >= 15 is 0 Å². The Morgan fingerprint density at radius 2 is 1.71 bits per heavy atom. The fourth-order valence-corrected chi connectivity index (χ4v) is 4.21. The minimum Gasteiger partial charge on any atom is -0.465 e. The third kappa shape index (κ3) is 3.74. The second kappa shape index (κ2) is 8.17. The van der Waals surface area contributed by atoms with Crippen LogP contribution in [0.1, 0.15) is 43.9 Å². The van der Waals surface area contributed by atoms with Crippen molar-refractivity contribution in [2.75, 3.05) is 31.6 Å². The van der Waals surface area contributed by atoms with E-state index in [2.05, 4.69) is 0 Å². The average molecular weight is 423 g/mol. The van der Waals surface area contributed by atoms with E-state index in [9.17, 15) is 24.5 Å². The first-order chi connectivity index (χ1) is 14.9. The van der Waals surface area contributed by atoms with Crippen molar-refractivity contribution in [3.8, 4) is 0 Å². The van der Waals surface area contributed by atoms with Crippen LogP contribution in [-0.4, -0.2) is 54.4 Å². The topological polar surface area (TPSA) is 110 Å². The summed E-state index contributed by atoms with van der Waals surface area (Å²) < 4.78 is 4.80. The van der Waals surface area contributed by atoms with Crippen LogP contribution >= 0.6 is 0 Å². The molecule has 0 aromatic heterocycles. The van der Waals surface area contributed by atoms with Crippen LogP contribution in [-0.2, 0) is 4.74 Å². The standard InChI is InChI=1S/C22H21N3O6/c1-31-22(28)18-12-15(25(29)30)6-7-19(18)23-10-8-14(9-11-23)13-24-20(26)16-4-2-3-5-17(16)21(24)27/h2-7,12,14H,8-11,13H2,1H3. The number of carbonyl (C=O) groups excluding carboxylic acids is 3. The molecule has 0 radical (unpaired) electrons. The lowest BCUT2D eigenvalue weighted by molar-refractivity contribution is -0.384. The van der Waals surface area contributed by atoms with Crippen LogP contribution in [0.2, 0.25) is 0 Å². The van der Waals surface area contributed by atoms with Crippen LogP contribution in [0.4, 0.5) is 11.4 Å². The van der Waals surface area contributed by atoms with Crippen LogP contribution in [0.5, 0.6) is 0 Å². The lowest BCUT2D eigenvalue weighted by Crippen LogP contribution is -2.41. The second-order valence-electron chi connectivity index (χ2n) is 7.65. The molecule has 0 atom stereocenters. The summed E-state index contributed by atoms with van der Waals surface area (Å²) in [6.07, 6.45) is 1.43. The smallest absolute Gasteiger partial charge is 0.340 e. The number of non-ortho nitro benzene ring substituents is 1. The van der Waals surface area contributed by atoms with Gasteiger partial charge < -0.3 is 9.64 Å². The number of fused-ring (bicyclic) bond motifs is 1. The highest BCUT2D eigenvalue weighted by Gasteiger charge is 2.37. The molecule has 0 saturated carbocycles. The summed E-state index contributed by atoms with van der Waals surface area (Å²) in [5.41, 5.74) is 1.44. The van der Waals surface area contributed by atoms with Crippen molar-refractivity contribution < 1.29 is 24.0 Å². The lowest BCUT2D eigenvalue weighted by atomic mass is 9.95. The van der Waals surface area contributed by atoms with E-state index in [1.807, 2.05) is 4.90 Å². The van der Waals surface area contributed by atoms with Crippen molar-refractivity contribution in [3.63, 3.8) is 0 Å². The number of methoxy groups -OCH3 is 1. The zero-order valence-corrected chi connectivity index (χ0v) is 16.9. The van der Waals surface area contributed by atoms with Gasteiger partial charge in [0.15, 0.2) is 0 Å². The first-order valence-corrected chi connectivity index (χ1v) is 9.97. The Labute approximate surface area is 178 Å². The molecule has 160 valence electrons. The minimum absolute atomic E-state index is 0.137. The van der Waals surface area contributed by atoms with Gasteiger partial charge in [0.2, 0.25) is 0 Å². The Hall–Kier alpha value is -3.75. The molecule has 2 aliphatic rings. The monoisotopic (exact) mass is 423 g/mol. The van der Waals surface area contributed by atoms with Crippen LogP contribution in [0.25, 0.3) is 0 Å². The summed E-state index contributed by atoms with van der Waals surface area (Å²) in [6, 6.07) is 11.0. The number of ether oxygens (including phenoxy) is 1. The lowest BCUT2D eigenvalue weighted by Gasteiger charge is -2.35. The highest BCUT2D eigenvalue weighted by Crippen LogP contribution is 2.31. The Balaban J connectivity index is 1.45. The molecular formula is C22H21N3O6. The first-order valence-electron chi connectivity index (χ1n) is 9.97. The van der Waals surface area contributed by atoms with Gasteiger partial charge in [0.05, 0.1) is 34.4 Å². The third-order valence-electron chi connectivity index (χ3n) is 5.87. The van der Waals surface area contributed by atoms with Crippen LogP contribution < -0.4 is 4.90 Å². The number of piperidine rings is 1. The summed E-state index contributed by atoms with van der Waals surface area (Å²) in [5.74, 6) is -1.01. The molecule has 1 fully saturated rings. The molecule has 0 N–H and O–H groups in total. The van der Waals surface area contributed by atoms with Gasteiger partial charge in [-0.15, -0.1) is 0 Å². The van der Waals surface area contributed by atoms with E-state index in [0.717, 1.165) is 0 Å². The fraction of sp³-hybridized carbons (Fsp3) is 0.318. The Bertz CT molecular complexity index is 1040. The molecule has 4 rings (SSSR count). The number of hydrogen-bond donors (Lipinski definition) is 0. The first kappa shape index (κ1) is 20.5. The quantitative estimate of drug-likeness (QED) is 0.315. The molecule has 0 aliphatic carbocycles. The molecule has 2 aromatic carbocycles. The Morgan fingerprint density at radius 3 is 2.26 bits per heavy atom. The van der Waals surface area contributed by atoms with Gasteiger partial charge in [0, 0.05) is 31.8 Å². The highest BCUT2D eigenvalue weighted by molar-refractivity contribution is 6.21. The number of nitro benzene ring substituents is 1. The molecule has 2 amide bonds. The normalized spacial score (nSPS) is 16.4. The molecule has 31 heavy (non-hydrogen) atoms. The van der Waals surface area contributed by atoms with Crippen molar-refractivity contribution in [3.05, 3.63) is 69.3 Å². The van der Waals surface area contributed by atoms with E-state index in [4.69, 9.17) is 4.74 Å². The molecule has 9 nitrogen and oxygen atoms in total.